The summed E-state index contributed by atoms with van der Waals surface area (Å²) >= 11 is 0. The SMILES string of the molecule is CCc1ncc(CCCN)n1CC. The van der Waals surface area contributed by atoms with E-state index in [0.29, 0.717) is 0 Å². The molecule has 0 spiro atoms. The van der Waals surface area contributed by atoms with Gasteiger partial charge in [-0.3, -0.25) is 0 Å². The van der Waals surface area contributed by atoms with Crippen LogP contribution in [0.15, 0.2) is 6.20 Å². The molecule has 1 aromatic rings. The van der Waals surface area contributed by atoms with Gasteiger partial charge in [0.1, 0.15) is 5.82 Å². The van der Waals surface area contributed by atoms with Crippen LogP contribution in [-0.2, 0) is 19.4 Å². The summed E-state index contributed by atoms with van der Waals surface area (Å²) in [5, 5.41) is 0. The van der Waals surface area contributed by atoms with Crippen molar-refractivity contribution in [1.29, 1.82) is 0 Å². The first kappa shape index (κ1) is 10.3. The fourth-order valence-corrected chi connectivity index (χ4v) is 1.60. The van der Waals surface area contributed by atoms with Crippen LogP contribution in [0, 0.1) is 0 Å². The van der Waals surface area contributed by atoms with Gasteiger partial charge in [0.15, 0.2) is 0 Å². The second-order valence-corrected chi connectivity index (χ2v) is 3.16. The van der Waals surface area contributed by atoms with Crippen molar-refractivity contribution in [2.24, 2.45) is 5.73 Å². The van der Waals surface area contributed by atoms with E-state index in [9.17, 15) is 0 Å². The van der Waals surface area contributed by atoms with Gasteiger partial charge in [-0.25, -0.2) is 4.98 Å². The summed E-state index contributed by atoms with van der Waals surface area (Å²) in [5.41, 5.74) is 6.80. The van der Waals surface area contributed by atoms with E-state index in [0.717, 1.165) is 32.4 Å². The van der Waals surface area contributed by atoms with Crippen LogP contribution < -0.4 is 5.73 Å². The Labute approximate surface area is 80.0 Å². The highest BCUT2D eigenvalue weighted by Crippen LogP contribution is 2.08. The first-order valence-corrected chi connectivity index (χ1v) is 5.06. The van der Waals surface area contributed by atoms with Crippen LogP contribution in [0.5, 0.6) is 0 Å². The van der Waals surface area contributed by atoms with Crippen molar-refractivity contribution in [3.05, 3.63) is 17.7 Å². The molecule has 2 N–H and O–H groups in total. The molecule has 0 aromatic carbocycles. The van der Waals surface area contributed by atoms with Gasteiger partial charge in [-0.05, 0) is 26.3 Å². The number of nitrogens with zero attached hydrogens (tertiary/aromatic N) is 2. The number of hydrogen-bond acceptors (Lipinski definition) is 2. The molecular weight excluding hydrogens is 162 g/mol. The molecule has 0 fully saturated rings. The highest BCUT2D eigenvalue weighted by atomic mass is 15.1. The van der Waals surface area contributed by atoms with Crippen molar-refractivity contribution in [2.45, 2.75) is 39.7 Å². The number of aryl methyl sites for hydroxylation is 2. The Balaban J connectivity index is 2.75. The maximum atomic E-state index is 5.48. The summed E-state index contributed by atoms with van der Waals surface area (Å²) in [4.78, 5) is 4.38. The Morgan fingerprint density at radius 2 is 2.23 bits per heavy atom. The lowest BCUT2D eigenvalue weighted by Crippen LogP contribution is -2.07. The van der Waals surface area contributed by atoms with Crippen LogP contribution in [0.3, 0.4) is 0 Å². The van der Waals surface area contributed by atoms with Gasteiger partial charge in [-0.15, -0.1) is 0 Å². The van der Waals surface area contributed by atoms with Crippen molar-refractivity contribution in [3.63, 3.8) is 0 Å². The first-order valence-electron chi connectivity index (χ1n) is 5.06. The van der Waals surface area contributed by atoms with Crippen LogP contribution in [0.4, 0.5) is 0 Å². The maximum absolute atomic E-state index is 5.48. The zero-order valence-corrected chi connectivity index (χ0v) is 8.58. The second kappa shape index (κ2) is 5.02. The van der Waals surface area contributed by atoms with Crippen LogP contribution in [0.1, 0.15) is 31.8 Å². The number of aromatic nitrogens is 2. The molecule has 0 saturated heterocycles. The molecule has 1 heterocycles. The van der Waals surface area contributed by atoms with E-state index < -0.39 is 0 Å². The molecule has 13 heavy (non-hydrogen) atoms. The topological polar surface area (TPSA) is 43.8 Å². The van der Waals surface area contributed by atoms with E-state index in [4.69, 9.17) is 5.73 Å². The summed E-state index contributed by atoms with van der Waals surface area (Å²) in [6, 6.07) is 0. The molecule has 0 atom stereocenters. The number of hydrogen-bond donors (Lipinski definition) is 1. The predicted molar refractivity (Wildman–Crippen MR) is 54.7 cm³/mol. The van der Waals surface area contributed by atoms with E-state index in [1.54, 1.807) is 0 Å². The van der Waals surface area contributed by atoms with E-state index in [1.807, 2.05) is 6.20 Å². The van der Waals surface area contributed by atoms with Gasteiger partial charge in [0.05, 0.1) is 0 Å². The molecule has 0 aliphatic rings. The third kappa shape index (κ3) is 2.31. The van der Waals surface area contributed by atoms with Crippen molar-refractivity contribution in [1.82, 2.24) is 9.55 Å². The summed E-state index contributed by atoms with van der Waals surface area (Å²) in [7, 11) is 0. The molecule has 1 rings (SSSR count). The molecule has 1 aromatic heterocycles. The number of imidazole rings is 1. The molecular formula is C10H19N3. The van der Waals surface area contributed by atoms with Crippen molar-refractivity contribution >= 4 is 0 Å². The van der Waals surface area contributed by atoms with Gasteiger partial charge in [0, 0.05) is 24.9 Å². The van der Waals surface area contributed by atoms with Crippen LogP contribution in [0.2, 0.25) is 0 Å². The minimum Gasteiger partial charge on any atom is -0.332 e. The monoisotopic (exact) mass is 181 g/mol. The van der Waals surface area contributed by atoms with E-state index in [-0.39, 0.29) is 0 Å². The Bertz CT molecular complexity index is 253. The third-order valence-corrected chi connectivity index (χ3v) is 2.29. The Kier molecular flexibility index (Phi) is 3.96. The zero-order chi connectivity index (χ0) is 9.68. The normalized spacial score (nSPS) is 10.7. The molecule has 0 aliphatic heterocycles. The number of rotatable bonds is 5. The standard InChI is InChI=1S/C10H19N3/c1-3-10-12-8-9(6-5-7-11)13(10)4-2/h8H,3-7,11H2,1-2H3. The Hall–Kier alpha value is -0.830. The van der Waals surface area contributed by atoms with Gasteiger partial charge < -0.3 is 10.3 Å². The molecule has 3 nitrogen and oxygen atoms in total. The van der Waals surface area contributed by atoms with Crippen molar-refractivity contribution in [2.75, 3.05) is 6.54 Å². The predicted octanol–water partition coefficient (Wildman–Crippen LogP) is 1.36. The maximum Gasteiger partial charge on any atom is 0.108 e. The number of nitrogens with two attached hydrogens (primary N) is 1. The summed E-state index contributed by atoms with van der Waals surface area (Å²) in [6.07, 6.45) is 5.10. The van der Waals surface area contributed by atoms with Gasteiger partial charge in [0.25, 0.3) is 0 Å². The molecule has 0 unspecified atom stereocenters. The van der Waals surface area contributed by atoms with Crippen molar-refractivity contribution in [3.8, 4) is 0 Å². The smallest absolute Gasteiger partial charge is 0.108 e. The fraction of sp³-hybridized carbons (Fsp3) is 0.700. The highest BCUT2D eigenvalue weighted by molar-refractivity contribution is 5.05. The van der Waals surface area contributed by atoms with Crippen LogP contribution in [0.25, 0.3) is 0 Å². The van der Waals surface area contributed by atoms with Gasteiger partial charge in [-0.1, -0.05) is 6.92 Å². The lowest BCUT2D eigenvalue weighted by atomic mass is 10.2. The summed E-state index contributed by atoms with van der Waals surface area (Å²) in [5.74, 6) is 1.19. The Morgan fingerprint density at radius 3 is 2.77 bits per heavy atom. The molecule has 3 heteroatoms. The zero-order valence-electron chi connectivity index (χ0n) is 8.58. The van der Waals surface area contributed by atoms with Crippen molar-refractivity contribution < 1.29 is 0 Å². The molecule has 0 bridgehead atoms. The average molecular weight is 181 g/mol. The van der Waals surface area contributed by atoms with Gasteiger partial charge >= 0.3 is 0 Å². The Morgan fingerprint density at radius 1 is 1.46 bits per heavy atom. The summed E-state index contributed by atoms with van der Waals surface area (Å²) < 4.78 is 2.29. The van der Waals surface area contributed by atoms with Gasteiger partial charge in [-0.2, -0.15) is 0 Å². The van der Waals surface area contributed by atoms with Gasteiger partial charge in [0.2, 0.25) is 0 Å². The molecule has 0 amide bonds. The molecule has 0 radical (unpaired) electrons. The summed E-state index contributed by atoms with van der Waals surface area (Å²) in [6.45, 7) is 6.08. The molecule has 74 valence electrons. The lowest BCUT2D eigenvalue weighted by Gasteiger charge is -2.07. The third-order valence-electron chi connectivity index (χ3n) is 2.29. The molecule has 0 saturated carbocycles. The largest absolute Gasteiger partial charge is 0.332 e. The first-order chi connectivity index (χ1) is 6.33. The minimum atomic E-state index is 0.760. The van der Waals surface area contributed by atoms with E-state index in [1.165, 1.54) is 11.5 Å². The fourth-order valence-electron chi connectivity index (χ4n) is 1.60. The van der Waals surface area contributed by atoms with Crippen LogP contribution in [-0.4, -0.2) is 16.1 Å². The second-order valence-electron chi connectivity index (χ2n) is 3.16. The molecule has 0 aliphatic carbocycles. The van der Waals surface area contributed by atoms with E-state index in [2.05, 4.69) is 23.4 Å². The lowest BCUT2D eigenvalue weighted by molar-refractivity contribution is 0.653. The van der Waals surface area contributed by atoms with E-state index >= 15 is 0 Å². The quantitative estimate of drug-likeness (QED) is 0.745. The highest BCUT2D eigenvalue weighted by Gasteiger charge is 2.05. The minimum absolute atomic E-state index is 0.760. The van der Waals surface area contributed by atoms with Crippen LogP contribution >= 0.6 is 0 Å². The average Bonchev–Trinajstić information content (AvgIpc) is 2.56.